The summed E-state index contributed by atoms with van der Waals surface area (Å²) in [6, 6.07) is 7.81. The van der Waals surface area contributed by atoms with Gasteiger partial charge >= 0.3 is 0 Å². The number of carbonyl (C=O) groups excluding carboxylic acids is 1. The molecule has 2 rings (SSSR count). The highest BCUT2D eigenvalue weighted by molar-refractivity contribution is 9.10. The van der Waals surface area contributed by atoms with E-state index < -0.39 is 11.7 Å². The van der Waals surface area contributed by atoms with Crippen LogP contribution in [-0.4, -0.2) is 16.1 Å². The van der Waals surface area contributed by atoms with Crippen LogP contribution in [-0.2, 0) is 0 Å². The summed E-state index contributed by atoms with van der Waals surface area (Å²) >= 11 is 3.12. The molecule has 0 aromatic heterocycles. The van der Waals surface area contributed by atoms with Crippen molar-refractivity contribution in [1.29, 1.82) is 0 Å². The molecule has 6 heteroatoms. The molecule has 2 aromatic carbocycles. The summed E-state index contributed by atoms with van der Waals surface area (Å²) in [6.07, 6.45) is 0. The Kier molecular flexibility index (Phi) is 3.71. The van der Waals surface area contributed by atoms with Crippen molar-refractivity contribution < 1.29 is 19.4 Å². The van der Waals surface area contributed by atoms with Crippen molar-refractivity contribution in [2.75, 3.05) is 5.32 Å². The number of nitrogens with one attached hydrogen (secondary N) is 1. The lowest BCUT2D eigenvalue weighted by Gasteiger charge is -2.09. The van der Waals surface area contributed by atoms with Crippen LogP contribution in [0.3, 0.4) is 0 Å². The highest BCUT2D eigenvalue weighted by Crippen LogP contribution is 2.28. The summed E-state index contributed by atoms with van der Waals surface area (Å²) in [4.78, 5) is 11.9. The van der Waals surface area contributed by atoms with Crippen LogP contribution in [0.5, 0.6) is 11.5 Å². The second kappa shape index (κ2) is 5.27. The zero-order valence-corrected chi connectivity index (χ0v) is 11.1. The predicted octanol–water partition coefficient (Wildman–Crippen LogP) is 3.25. The molecular weight excluding hydrogens is 317 g/mol. The summed E-state index contributed by atoms with van der Waals surface area (Å²) < 4.78 is 13.9. The molecular formula is C13H9BrFNO3. The van der Waals surface area contributed by atoms with E-state index in [9.17, 15) is 14.3 Å². The molecule has 3 N–H and O–H groups in total. The van der Waals surface area contributed by atoms with E-state index >= 15 is 0 Å². The smallest absolute Gasteiger partial charge is 0.259 e. The van der Waals surface area contributed by atoms with E-state index in [0.29, 0.717) is 4.47 Å². The van der Waals surface area contributed by atoms with Gasteiger partial charge in [0.05, 0.1) is 11.3 Å². The highest BCUT2D eigenvalue weighted by Gasteiger charge is 2.15. The van der Waals surface area contributed by atoms with Crippen LogP contribution in [0.4, 0.5) is 10.1 Å². The molecule has 0 aliphatic heterocycles. The number of anilines is 1. The molecule has 0 spiro atoms. The monoisotopic (exact) mass is 325 g/mol. The molecule has 19 heavy (non-hydrogen) atoms. The van der Waals surface area contributed by atoms with E-state index in [-0.39, 0.29) is 22.7 Å². The van der Waals surface area contributed by atoms with E-state index in [1.807, 2.05) is 0 Å². The van der Waals surface area contributed by atoms with Gasteiger partial charge in [0, 0.05) is 10.5 Å². The van der Waals surface area contributed by atoms with Gasteiger partial charge in [-0.2, -0.15) is 0 Å². The average molecular weight is 326 g/mol. The maximum Gasteiger partial charge on any atom is 0.259 e. The molecule has 0 atom stereocenters. The molecule has 0 aliphatic rings. The second-order valence-corrected chi connectivity index (χ2v) is 4.61. The number of aromatic hydroxyl groups is 2. The SMILES string of the molecule is O=C(Nc1c(F)cccc1Br)c1ccc(O)cc1O. The van der Waals surface area contributed by atoms with E-state index in [4.69, 9.17) is 5.11 Å². The molecule has 4 nitrogen and oxygen atoms in total. The normalized spacial score (nSPS) is 10.2. The Balaban J connectivity index is 2.31. The van der Waals surface area contributed by atoms with Crippen molar-refractivity contribution in [2.45, 2.75) is 0 Å². The van der Waals surface area contributed by atoms with Gasteiger partial charge in [0.2, 0.25) is 0 Å². The topological polar surface area (TPSA) is 69.6 Å². The summed E-state index contributed by atoms with van der Waals surface area (Å²) in [5, 5.41) is 21.0. The van der Waals surface area contributed by atoms with Gasteiger partial charge in [-0.1, -0.05) is 6.07 Å². The van der Waals surface area contributed by atoms with Gasteiger partial charge < -0.3 is 15.5 Å². The van der Waals surface area contributed by atoms with Crippen LogP contribution in [0.2, 0.25) is 0 Å². The molecule has 2 aromatic rings. The molecule has 0 saturated carbocycles. The van der Waals surface area contributed by atoms with Crippen molar-refractivity contribution in [3.05, 3.63) is 52.3 Å². The number of phenolic OH excluding ortho intramolecular Hbond substituents is 2. The Hall–Kier alpha value is -2.08. The van der Waals surface area contributed by atoms with Crippen molar-refractivity contribution >= 4 is 27.5 Å². The first-order valence-electron chi connectivity index (χ1n) is 5.26. The Morgan fingerprint density at radius 2 is 1.95 bits per heavy atom. The van der Waals surface area contributed by atoms with Gasteiger partial charge in [-0.15, -0.1) is 0 Å². The molecule has 0 unspecified atom stereocenters. The number of rotatable bonds is 2. The van der Waals surface area contributed by atoms with E-state index in [2.05, 4.69) is 21.2 Å². The minimum Gasteiger partial charge on any atom is -0.508 e. The summed E-state index contributed by atoms with van der Waals surface area (Å²) in [5.74, 6) is -1.82. The van der Waals surface area contributed by atoms with Gasteiger partial charge in [0.25, 0.3) is 5.91 Å². The molecule has 98 valence electrons. The van der Waals surface area contributed by atoms with Gasteiger partial charge in [-0.25, -0.2) is 4.39 Å². The Bertz CT molecular complexity index is 626. The van der Waals surface area contributed by atoms with Gasteiger partial charge in [0.15, 0.2) is 0 Å². The van der Waals surface area contributed by atoms with Gasteiger partial charge in [0.1, 0.15) is 17.3 Å². The lowest BCUT2D eigenvalue weighted by Crippen LogP contribution is -2.13. The fourth-order valence-corrected chi connectivity index (χ4v) is 1.95. The standard InChI is InChI=1S/C13H9BrFNO3/c14-9-2-1-3-10(15)12(9)16-13(19)8-5-4-7(17)6-11(8)18/h1-6,17-18H,(H,16,19). The zero-order chi connectivity index (χ0) is 14.0. The third-order valence-electron chi connectivity index (χ3n) is 2.43. The van der Waals surface area contributed by atoms with Crippen molar-refractivity contribution in [3.63, 3.8) is 0 Å². The molecule has 0 saturated heterocycles. The van der Waals surface area contributed by atoms with Crippen LogP contribution in [0.15, 0.2) is 40.9 Å². The lowest BCUT2D eigenvalue weighted by molar-refractivity contribution is 0.102. The number of phenols is 2. The maximum absolute atomic E-state index is 13.5. The number of amides is 1. The molecule has 0 bridgehead atoms. The Labute approximate surface area is 116 Å². The van der Waals surface area contributed by atoms with Crippen molar-refractivity contribution in [1.82, 2.24) is 0 Å². The first-order chi connectivity index (χ1) is 8.99. The second-order valence-electron chi connectivity index (χ2n) is 3.75. The average Bonchev–Trinajstić information content (AvgIpc) is 2.33. The molecule has 0 radical (unpaired) electrons. The van der Waals surface area contributed by atoms with E-state index in [1.165, 1.54) is 24.3 Å². The Morgan fingerprint density at radius 3 is 2.58 bits per heavy atom. The Morgan fingerprint density at radius 1 is 1.21 bits per heavy atom. The quantitative estimate of drug-likeness (QED) is 0.793. The number of hydrogen-bond donors (Lipinski definition) is 3. The van der Waals surface area contributed by atoms with Crippen LogP contribution < -0.4 is 5.32 Å². The van der Waals surface area contributed by atoms with Crippen LogP contribution in [0, 0.1) is 5.82 Å². The fraction of sp³-hybridized carbons (Fsp3) is 0. The van der Waals surface area contributed by atoms with Crippen molar-refractivity contribution in [2.24, 2.45) is 0 Å². The number of halogens is 2. The highest BCUT2D eigenvalue weighted by atomic mass is 79.9. The minimum atomic E-state index is -0.678. The number of benzene rings is 2. The molecule has 1 amide bonds. The van der Waals surface area contributed by atoms with Gasteiger partial charge in [-0.05, 0) is 40.2 Å². The zero-order valence-electron chi connectivity index (χ0n) is 9.52. The third kappa shape index (κ3) is 2.85. The molecule has 0 aliphatic carbocycles. The lowest BCUT2D eigenvalue weighted by atomic mass is 10.1. The largest absolute Gasteiger partial charge is 0.508 e. The van der Waals surface area contributed by atoms with Gasteiger partial charge in [-0.3, -0.25) is 4.79 Å². The number of hydrogen-bond acceptors (Lipinski definition) is 3. The summed E-state index contributed by atoms with van der Waals surface area (Å²) in [7, 11) is 0. The minimum absolute atomic E-state index is 0.0139. The number of para-hydroxylation sites is 1. The van der Waals surface area contributed by atoms with Crippen LogP contribution in [0.25, 0.3) is 0 Å². The summed E-state index contributed by atoms with van der Waals surface area (Å²) in [6.45, 7) is 0. The number of carbonyl (C=O) groups is 1. The van der Waals surface area contributed by atoms with Crippen molar-refractivity contribution in [3.8, 4) is 11.5 Å². The van der Waals surface area contributed by atoms with Crippen LogP contribution >= 0.6 is 15.9 Å². The molecule has 0 fully saturated rings. The first kappa shape index (κ1) is 13.4. The first-order valence-corrected chi connectivity index (χ1v) is 6.05. The predicted molar refractivity (Wildman–Crippen MR) is 71.8 cm³/mol. The van der Waals surface area contributed by atoms with E-state index in [0.717, 1.165) is 6.07 Å². The third-order valence-corrected chi connectivity index (χ3v) is 3.09. The fourth-order valence-electron chi connectivity index (χ4n) is 1.51. The summed E-state index contributed by atoms with van der Waals surface area (Å²) in [5.41, 5.74) is -0.0760. The van der Waals surface area contributed by atoms with Crippen LogP contribution in [0.1, 0.15) is 10.4 Å². The molecule has 0 heterocycles. The maximum atomic E-state index is 13.5. The van der Waals surface area contributed by atoms with E-state index in [1.54, 1.807) is 6.07 Å².